The minimum absolute atomic E-state index is 0.153. The number of fused-ring (bicyclic) bond motifs is 3. The van der Waals surface area contributed by atoms with Gasteiger partial charge in [-0.1, -0.05) is 48.0 Å². The number of hydrogen-bond acceptors (Lipinski definition) is 3. The van der Waals surface area contributed by atoms with Gasteiger partial charge in [0.05, 0.1) is 17.1 Å². The van der Waals surface area contributed by atoms with Gasteiger partial charge >= 0.3 is 0 Å². The molecule has 0 amide bonds. The van der Waals surface area contributed by atoms with Crippen molar-refractivity contribution in [3.63, 3.8) is 0 Å². The molecular weight excluding hydrogens is 326 g/mol. The Kier molecular flexibility index (Phi) is 3.25. The third-order valence-electron chi connectivity index (χ3n) is 4.64. The van der Waals surface area contributed by atoms with Crippen molar-refractivity contribution in [1.82, 2.24) is 9.55 Å². The number of aryl methyl sites for hydroxylation is 1. The summed E-state index contributed by atoms with van der Waals surface area (Å²) >= 11 is 1.78. The van der Waals surface area contributed by atoms with Crippen molar-refractivity contribution in [2.45, 2.75) is 13.0 Å². The van der Waals surface area contributed by atoms with Gasteiger partial charge < -0.3 is 5.32 Å². The van der Waals surface area contributed by atoms with E-state index in [-0.39, 0.29) is 6.04 Å². The molecule has 1 aliphatic rings. The first-order valence-electron chi connectivity index (χ1n) is 8.36. The van der Waals surface area contributed by atoms with Crippen molar-refractivity contribution >= 4 is 34.0 Å². The highest BCUT2D eigenvalue weighted by Gasteiger charge is 2.25. The summed E-state index contributed by atoms with van der Waals surface area (Å²) in [6.07, 6.45) is 2.30. The number of imidazole rings is 1. The summed E-state index contributed by atoms with van der Waals surface area (Å²) in [6, 6.07) is 21.4. The summed E-state index contributed by atoms with van der Waals surface area (Å²) in [5.41, 5.74) is 5.74. The monoisotopic (exact) mass is 343 g/mol. The molecule has 0 aliphatic carbocycles. The molecule has 0 saturated carbocycles. The molecule has 1 unspecified atom stereocenters. The lowest BCUT2D eigenvalue weighted by molar-refractivity contribution is 0.733. The molecule has 0 spiro atoms. The SMILES string of the molecule is Cc1ccc(C2=CC(c3cccs3)n3c(nc4ccccc43)N2)cc1. The Balaban J connectivity index is 1.71. The van der Waals surface area contributed by atoms with Crippen molar-refractivity contribution in [3.05, 3.63) is 88.1 Å². The van der Waals surface area contributed by atoms with Gasteiger partial charge in [-0.3, -0.25) is 4.57 Å². The van der Waals surface area contributed by atoms with Crippen LogP contribution in [0.25, 0.3) is 16.7 Å². The Morgan fingerprint density at radius 1 is 1.00 bits per heavy atom. The molecule has 3 nitrogen and oxygen atoms in total. The van der Waals surface area contributed by atoms with Crippen LogP contribution in [0.1, 0.15) is 22.0 Å². The summed E-state index contributed by atoms with van der Waals surface area (Å²) in [4.78, 5) is 6.14. The van der Waals surface area contributed by atoms with E-state index in [1.54, 1.807) is 11.3 Å². The van der Waals surface area contributed by atoms with Crippen LogP contribution in [0, 0.1) is 6.92 Å². The molecular formula is C21H17N3S. The third kappa shape index (κ3) is 2.37. The highest BCUT2D eigenvalue weighted by Crippen LogP contribution is 2.38. The Bertz CT molecular complexity index is 1070. The Hall–Kier alpha value is -2.85. The van der Waals surface area contributed by atoms with Gasteiger partial charge in [0.2, 0.25) is 5.95 Å². The topological polar surface area (TPSA) is 29.9 Å². The van der Waals surface area contributed by atoms with Crippen molar-refractivity contribution in [2.75, 3.05) is 5.32 Å². The molecule has 0 radical (unpaired) electrons. The van der Waals surface area contributed by atoms with E-state index < -0.39 is 0 Å². The van der Waals surface area contributed by atoms with E-state index in [9.17, 15) is 0 Å². The number of nitrogens with zero attached hydrogens (tertiary/aromatic N) is 2. The van der Waals surface area contributed by atoms with E-state index in [4.69, 9.17) is 4.98 Å². The van der Waals surface area contributed by atoms with Gasteiger partial charge in [-0.05, 0) is 42.1 Å². The number of nitrogens with one attached hydrogen (secondary N) is 1. The second-order valence-electron chi connectivity index (χ2n) is 6.33. The lowest BCUT2D eigenvalue weighted by Gasteiger charge is -2.25. The zero-order chi connectivity index (χ0) is 16.8. The smallest absolute Gasteiger partial charge is 0.209 e. The molecule has 4 heteroatoms. The first-order chi connectivity index (χ1) is 12.3. The summed E-state index contributed by atoms with van der Waals surface area (Å²) in [6.45, 7) is 2.11. The molecule has 1 N–H and O–H groups in total. The molecule has 0 saturated heterocycles. The van der Waals surface area contributed by atoms with Crippen LogP contribution in [0.3, 0.4) is 0 Å². The van der Waals surface area contributed by atoms with E-state index in [1.165, 1.54) is 16.0 Å². The van der Waals surface area contributed by atoms with E-state index in [0.29, 0.717) is 0 Å². The number of anilines is 1. The minimum atomic E-state index is 0.153. The van der Waals surface area contributed by atoms with Crippen molar-refractivity contribution in [3.8, 4) is 0 Å². The van der Waals surface area contributed by atoms with Crippen molar-refractivity contribution < 1.29 is 0 Å². The fourth-order valence-electron chi connectivity index (χ4n) is 3.38. The minimum Gasteiger partial charge on any atom is -0.325 e. The molecule has 0 fully saturated rings. The van der Waals surface area contributed by atoms with Gasteiger partial charge in [0.15, 0.2) is 0 Å². The van der Waals surface area contributed by atoms with E-state index in [2.05, 4.69) is 82.9 Å². The molecule has 2 aromatic heterocycles. The number of benzene rings is 2. The quantitative estimate of drug-likeness (QED) is 0.523. The lowest BCUT2D eigenvalue weighted by Crippen LogP contribution is -2.18. The van der Waals surface area contributed by atoms with Crippen LogP contribution in [-0.4, -0.2) is 9.55 Å². The van der Waals surface area contributed by atoms with Gasteiger partial charge in [0, 0.05) is 10.6 Å². The van der Waals surface area contributed by atoms with Gasteiger partial charge in [0.25, 0.3) is 0 Å². The molecule has 0 bridgehead atoms. The Morgan fingerprint density at radius 2 is 1.84 bits per heavy atom. The average Bonchev–Trinajstić information content (AvgIpc) is 3.29. The number of rotatable bonds is 2. The van der Waals surface area contributed by atoms with Gasteiger partial charge in [-0.25, -0.2) is 4.98 Å². The van der Waals surface area contributed by atoms with Crippen LogP contribution in [0.15, 0.2) is 72.1 Å². The van der Waals surface area contributed by atoms with Crippen molar-refractivity contribution in [1.29, 1.82) is 0 Å². The van der Waals surface area contributed by atoms with Gasteiger partial charge in [-0.15, -0.1) is 11.3 Å². The van der Waals surface area contributed by atoms with Gasteiger partial charge in [0.1, 0.15) is 0 Å². The van der Waals surface area contributed by atoms with Crippen molar-refractivity contribution in [2.24, 2.45) is 0 Å². The summed E-state index contributed by atoms with van der Waals surface area (Å²) in [7, 11) is 0. The summed E-state index contributed by atoms with van der Waals surface area (Å²) in [5.74, 6) is 0.901. The summed E-state index contributed by atoms with van der Waals surface area (Å²) < 4.78 is 2.29. The molecule has 4 aromatic rings. The first kappa shape index (κ1) is 14.5. The zero-order valence-corrected chi connectivity index (χ0v) is 14.6. The van der Waals surface area contributed by atoms with Crippen LogP contribution in [0.4, 0.5) is 5.95 Å². The molecule has 1 aliphatic heterocycles. The molecule has 2 aromatic carbocycles. The largest absolute Gasteiger partial charge is 0.325 e. The molecule has 5 rings (SSSR count). The van der Waals surface area contributed by atoms with Crippen LogP contribution in [0.2, 0.25) is 0 Å². The molecule has 122 valence electrons. The number of hydrogen-bond donors (Lipinski definition) is 1. The molecule has 1 atom stereocenters. The second-order valence-corrected chi connectivity index (χ2v) is 7.31. The highest BCUT2D eigenvalue weighted by atomic mass is 32.1. The van der Waals surface area contributed by atoms with E-state index >= 15 is 0 Å². The summed E-state index contributed by atoms with van der Waals surface area (Å²) in [5, 5.41) is 5.67. The van der Waals surface area contributed by atoms with Crippen LogP contribution in [-0.2, 0) is 0 Å². The lowest BCUT2D eigenvalue weighted by atomic mass is 10.0. The maximum absolute atomic E-state index is 4.82. The van der Waals surface area contributed by atoms with E-state index in [1.807, 2.05) is 6.07 Å². The van der Waals surface area contributed by atoms with E-state index in [0.717, 1.165) is 22.7 Å². The fourth-order valence-corrected chi connectivity index (χ4v) is 4.16. The predicted octanol–water partition coefficient (Wildman–Crippen LogP) is 5.46. The second kappa shape index (κ2) is 5.60. The standard InChI is InChI=1S/C21H17N3S/c1-14-8-10-15(11-9-14)17-13-19(20-7-4-12-25-20)24-18-6-3-2-5-16(18)22-21(24)23-17/h2-13,19H,1H3,(H,22,23). The maximum Gasteiger partial charge on any atom is 0.209 e. The number of allylic oxidation sites excluding steroid dienone is 1. The molecule has 3 heterocycles. The average molecular weight is 343 g/mol. The third-order valence-corrected chi connectivity index (χ3v) is 5.59. The van der Waals surface area contributed by atoms with Crippen LogP contribution < -0.4 is 5.32 Å². The van der Waals surface area contributed by atoms with Gasteiger partial charge in [-0.2, -0.15) is 0 Å². The highest BCUT2D eigenvalue weighted by molar-refractivity contribution is 7.10. The molecule has 25 heavy (non-hydrogen) atoms. The number of para-hydroxylation sites is 2. The Morgan fingerprint density at radius 3 is 2.64 bits per heavy atom. The first-order valence-corrected chi connectivity index (χ1v) is 9.24. The normalized spacial score (nSPS) is 16.4. The fraction of sp³-hybridized carbons (Fsp3) is 0.0952. The number of aromatic nitrogens is 2. The zero-order valence-electron chi connectivity index (χ0n) is 13.8. The van der Waals surface area contributed by atoms with Crippen LogP contribution >= 0.6 is 11.3 Å². The number of thiophene rings is 1. The predicted molar refractivity (Wildman–Crippen MR) is 105 cm³/mol. The van der Waals surface area contributed by atoms with Crippen LogP contribution in [0.5, 0.6) is 0 Å². The Labute approximate surface area is 150 Å². The maximum atomic E-state index is 4.82.